The van der Waals surface area contributed by atoms with Crippen LogP contribution in [-0.4, -0.2) is 118 Å². The highest BCUT2D eigenvalue weighted by Gasteiger charge is 2.29. The van der Waals surface area contributed by atoms with Crippen molar-refractivity contribution in [2.24, 2.45) is 0 Å². The Hall–Kier alpha value is -16.8. The molecule has 0 saturated heterocycles. The van der Waals surface area contributed by atoms with Crippen LogP contribution in [0, 0.1) is 93.6 Å². The minimum Gasteiger partial charge on any atom is -0.478 e. The third-order valence-electron chi connectivity index (χ3n) is 22.7. The number of carboxylic acid groups (broad SMARTS) is 3. The molecule has 13 aromatic carbocycles. The lowest BCUT2D eigenvalue weighted by molar-refractivity contribution is -0.142. The second-order valence-electron chi connectivity index (χ2n) is 33.1. The molecule has 0 fully saturated rings. The number of aromatic carboxylic acids is 3. The summed E-state index contributed by atoms with van der Waals surface area (Å²) in [5, 5.41) is 30.1. The van der Waals surface area contributed by atoms with Gasteiger partial charge in [-0.3, -0.25) is 52.7 Å². The molecule has 0 aliphatic rings. The monoisotopic (exact) mass is 2110 g/mol. The van der Waals surface area contributed by atoms with Crippen LogP contribution in [0.5, 0.6) is 0 Å². The number of nitrogens with two attached hydrogens (primary N) is 2. The SMILES string of the molecule is C=Cc1cccc(C)c1C(=O)Cl.C=Cc1cccc(C)c1C(=O)N(CC(=O)OCC)c1ccccc1C.C=Cc1cccc(C)c1C(=O)Nc1ccccc1C.C=Cc1cccc(C)c1C(=O)O.CCOC(=O)CN(C(=O)c1c(C)cccc1C=O)c1ccccc1C.CCOC(=O)c1cc2cccc(C)c2c(=O)n1-c1ccccc1C.Cc1cccc(I)c1C(=O)O.Cc1cccc(N)c1C(=O)O.Cc1ccccc1N. The average Bonchev–Trinajstić information content (AvgIpc) is 0.758. The lowest BCUT2D eigenvalue weighted by atomic mass is 10.00. The van der Waals surface area contributed by atoms with E-state index in [1.807, 2.05) is 279 Å². The molecule has 24 nitrogen and oxygen atoms in total. The number of ether oxygens (including phenoxy) is 3. The second-order valence-corrected chi connectivity index (χ2v) is 34.6. The Labute approximate surface area is 877 Å². The fourth-order valence-electron chi connectivity index (χ4n) is 15.2. The third-order valence-corrected chi connectivity index (χ3v) is 23.8. The van der Waals surface area contributed by atoms with E-state index in [0.717, 1.165) is 98.2 Å². The Morgan fingerprint density at radius 2 is 0.714 bits per heavy atom. The van der Waals surface area contributed by atoms with Gasteiger partial charge in [0, 0.05) is 48.7 Å². The number of nitrogen functional groups attached to an aromatic ring is 2. The summed E-state index contributed by atoms with van der Waals surface area (Å²) in [5.41, 5.74) is 32.8. The van der Waals surface area contributed by atoms with Crippen molar-refractivity contribution in [1.82, 2.24) is 4.57 Å². The average molecular weight is 2110 g/mol. The number of aryl methyl sites for hydroxylation is 13. The number of para-hydroxylation sites is 5. The first kappa shape index (κ1) is 119. The summed E-state index contributed by atoms with van der Waals surface area (Å²) in [7, 11) is 0. The van der Waals surface area contributed by atoms with E-state index in [-0.39, 0.29) is 61.5 Å². The molecule has 760 valence electrons. The van der Waals surface area contributed by atoms with Crippen LogP contribution in [0.25, 0.3) is 40.8 Å². The van der Waals surface area contributed by atoms with Crippen molar-refractivity contribution in [2.45, 2.75) is 111 Å². The number of nitrogens with one attached hydrogen (secondary N) is 1. The maximum Gasteiger partial charge on any atom is 0.355 e. The quantitative estimate of drug-likeness (QED) is 0.00817. The molecule has 0 unspecified atom stereocenters. The molecule has 3 amide bonds. The van der Waals surface area contributed by atoms with E-state index in [9.17, 15) is 57.5 Å². The van der Waals surface area contributed by atoms with Crippen LogP contribution in [0.15, 0.2) is 304 Å². The van der Waals surface area contributed by atoms with Gasteiger partial charge >= 0.3 is 35.8 Å². The number of esters is 3. The molecular weight excluding hydrogens is 1990 g/mol. The Morgan fingerprint density at radius 3 is 1.10 bits per heavy atom. The lowest BCUT2D eigenvalue weighted by Crippen LogP contribution is -2.38. The van der Waals surface area contributed by atoms with Crippen LogP contribution in [-0.2, 0) is 23.8 Å². The lowest BCUT2D eigenvalue weighted by Gasteiger charge is -2.25. The maximum absolute atomic E-state index is 13.3. The van der Waals surface area contributed by atoms with E-state index in [1.54, 1.807) is 152 Å². The van der Waals surface area contributed by atoms with Crippen molar-refractivity contribution in [2.75, 3.05) is 59.5 Å². The van der Waals surface area contributed by atoms with Crippen molar-refractivity contribution in [3.05, 3.63) is 458 Å². The van der Waals surface area contributed by atoms with Gasteiger partial charge in [0.25, 0.3) is 28.5 Å². The minimum atomic E-state index is -0.972. The maximum atomic E-state index is 13.3. The number of anilines is 5. The van der Waals surface area contributed by atoms with Gasteiger partial charge in [-0.25, -0.2) is 19.2 Å². The predicted octanol–water partition coefficient (Wildman–Crippen LogP) is 26.0. The van der Waals surface area contributed by atoms with E-state index < -0.39 is 47.0 Å². The number of rotatable bonds is 24. The largest absolute Gasteiger partial charge is 0.478 e. The molecular formula is C121H124ClIN6O18. The zero-order valence-corrected chi connectivity index (χ0v) is 88.4. The Morgan fingerprint density at radius 1 is 0.374 bits per heavy atom. The van der Waals surface area contributed by atoms with Crippen LogP contribution in [0.2, 0.25) is 0 Å². The highest BCUT2D eigenvalue weighted by Crippen LogP contribution is 2.31. The standard InChI is InChI=1S/C21H23NO3.C20H21NO4.C20H19NO3.C17H17NO.C10H9ClO.C10H10O2.C8H7IO2.C8H9NO2.C7H9N/c1-5-17-12-9-11-16(4)20(17)21(24)22(14-19(23)25-6-2)18-13-8-7-10-15(18)3;1-4-25-18(23)12-21(17-11-6-5-8-14(17)2)20(24)19-15(3)9-7-10-16(19)13-22;1-4-24-20(23)17-12-15-10-7-9-14(3)18(15)19(22)21(17)16-11-6-5-8-13(16)2;1-4-14-10-7-9-13(3)16(14)17(19)18-15-11-6-5-8-12(15)2;2*1-3-8-6-4-5-7(2)9(8)10(11)12;2*1-5-3-2-4-6(9)7(5)8(10)11;1-6-4-2-3-5-7(6)8/h5,7-13H,1,6,14H2,2-4H3;5-11,13H,4,12H2,1-3H3;5-12H,4H2,1-3H3;4-11H,1H2,2-3H3,(H,18,19);3-6H,1H2,2H3;3-6H,1H2,2H3,(H,11,12);2-4H,1H3,(H,10,11);2-4H,9H2,1H3,(H,10,11);2-5H,8H2,1H3. The van der Waals surface area contributed by atoms with Gasteiger partial charge in [0.15, 0.2) is 6.29 Å². The molecule has 0 aliphatic carbocycles. The number of carbonyl (C=O) groups excluding carboxylic acids is 8. The molecule has 8 N–H and O–H groups in total. The summed E-state index contributed by atoms with van der Waals surface area (Å²) in [4.78, 5) is 146. The van der Waals surface area contributed by atoms with Crippen LogP contribution in [0.1, 0.15) is 209 Å². The molecule has 0 saturated carbocycles. The molecule has 1 heterocycles. The van der Waals surface area contributed by atoms with Crippen molar-refractivity contribution in [3.8, 4) is 5.69 Å². The fourth-order valence-corrected chi connectivity index (χ4v) is 16.3. The number of fused-ring (bicyclic) bond motifs is 1. The Kier molecular flexibility index (Phi) is 48.0. The van der Waals surface area contributed by atoms with Crippen LogP contribution < -0.4 is 32.1 Å². The first-order valence-electron chi connectivity index (χ1n) is 46.6. The molecule has 0 bridgehead atoms. The Bertz CT molecular complexity index is 6900. The summed E-state index contributed by atoms with van der Waals surface area (Å²) in [6.45, 7) is 44.6. The number of carboxylic acids is 3. The first-order valence-corrected chi connectivity index (χ1v) is 48.1. The van der Waals surface area contributed by atoms with E-state index in [0.29, 0.717) is 90.1 Å². The van der Waals surface area contributed by atoms with E-state index in [4.69, 9.17) is 52.6 Å². The van der Waals surface area contributed by atoms with Gasteiger partial charge in [-0.05, 0) is 293 Å². The number of carbonyl (C=O) groups is 11. The van der Waals surface area contributed by atoms with Gasteiger partial charge in [-0.15, -0.1) is 0 Å². The molecule has 0 radical (unpaired) electrons. The molecule has 0 spiro atoms. The highest BCUT2D eigenvalue weighted by atomic mass is 127. The molecule has 26 heteroatoms. The number of amides is 3. The number of nitrogens with zero attached hydrogens (tertiary/aromatic N) is 3. The fraction of sp³-hybridized carbons (Fsp3) is 0.174. The van der Waals surface area contributed by atoms with E-state index in [1.165, 1.54) is 14.4 Å². The number of aldehydes is 1. The highest BCUT2D eigenvalue weighted by molar-refractivity contribution is 14.1. The van der Waals surface area contributed by atoms with Gasteiger partial charge in [-0.1, -0.05) is 275 Å². The summed E-state index contributed by atoms with van der Waals surface area (Å²) in [6, 6.07) is 82.9. The number of halogens is 2. The third kappa shape index (κ3) is 33.7. The van der Waals surface area contributed by atoms with Gasteiger partial charge in [0.1, 0.15) is 18.8 Å². The number of hydrogen-bond donors (Lipinski definition) is 6. The number of benzene rings is 13. The van der Waals surface area contributed by atoms with Gasteiger partial charge in [0.05, 0.1) is 58.7 Å². The van der Waals surface area contributed by atoms with E-state index >= 15 is 0 Å². The predicted molar refractivity (Wildman–Crippen MR) is 601 cm³/mol. The van der Waals surface area contributed by atoms with Gasteiger partial charge < -0.3 is 46.3 Å². The summed E-state index contributed by atoms with van der Waals surface area (Å²) in [6.07, 6.45) is 7.19. The molecule has 0 aliphatic heterocycles. The zero-order valence-electron chi connectivity index (χ0n) is 85.4. The van der Waals surface area contributed by atoms with Gasteiger partial charge in [-0.2, -0.15) is 0 Å². The smallest absolute Gasteiger partial charge is 0.355 e. The topological polar surface area (TPSA) is 369 Å². The Balaban J connectivity index is 0.000000259. The number of pyridine rings is 1. The molecule has 147 heavy (non-hydrogen) atoms. The molecule has 1 aromatic heterocycles. The van der Waals surface area contributed by atoms with Crippen LogP contribution >= 0.6 is 34.2 Å². The summed E-state index contributed by atoms with van der Waals surface area (Å²) < 4.78 is 17.5. The molecule has 14 rings (SSSR count). The van der Waals surface area contributed by atoms with Crippen molar-refractivity contribution in [1.29, 1.82) is 0 Å². The molecule has 14 aromatic rings. The minimum absolute atomic E-state index is 0.0951. The molecule has 0 atom stereocenters. The van der Waals surface area contributed by atoms with Crippen LogP contribution in [0.4, 0.5) is 28.4 Å². The van der Waals surface area contributed by atoms with Crippen molar-refractivity contribution in [3.63, 3.8) is 0 Å². The summed E-state index contributed by atoms with van der Waals surface area (Å²) in [5.74, 6) is -4.90. The number of aromatic nitrogens is 1. The normalized spacial score (nSPS) is 10.0. The second kappa shape index (κ2) is 59.3. The zero-order chi connectivity index (χ0) is 109. The first-order chi connectivity index (χ1) is 70.0. The number of hydrogen-bond acceptors (Lipinski definition) is 17. The van der Waals surface area contributed by atoms with E-state index in [2.05, 4.69) is 31.6 Å². The summed E-state index contributed by atoms with van der Waals surface area (Å²) >= 11 is 7.43. The van der Waals surface area contributed by atoms with Crippen LogP contribution in [0.3, 0.4) is 0 Å². The van der Waals surface area contributed by atoms with Gasteiger partial charge in [0.2, 0.25) is 0 Å². The van der Waals surface area contributed by atoms with Crippen molar-refractivity contribution >= 4 is 163 Å². The van der Waals surface area contributed by atoms with Crippen molar-refractivity contribution < 1.29 is 82.3 Å².